The van der Waals surface area contributed by atoms with Crippen molar-refractivity contribution in [3.63, 3.8) is 0 Å². The molecule has 4 rings (SSSR count). The van der Waals surface area contributed by atoms with Gasteiger partial charge in [0.2, 0.25) is 11.8 Å². The predicted octanol–water partition coefficient (Wildman–Crippen LogP) is 2.57. The number of primary amides is 1. The van der Waals surface area contributed by atoms with Crippen molar-refractivity contribution in [2.24, 2.45) is 5.73 Å². The third-order valence-electron chi connectivity index (χ3n) is 5.59. The van der Waals surface area contributed by atoms with E-state index in [1.165, 1.54) is 15.6 Å². The van der Waals surface area contributed by atoms with Crippen molar-refractivity contribution in [1.29, 1.82) is 0 Å². The van der Waals surface area contributed by atoms with E-state index in [4.69, 9.17) is 5.73 Å². The number of fused-ring (bicyclic) bond motifs is 1. The number of amides is 3. The third kappa shape index (κ3) is 4.70. The lowest BCUT2D eigenvalue weighted by Gasteiger charge is -2.34. The van der Waals surface area contributed by atoms with Crippen LogP contribution in [0, 0.1) is 0 Å². The number of nitrogens with zero attached hydrogens (tertiary/aromatic N) is 4. The van der Waals surface area contributed by atoms with Crippen LogP contribution >= 0.6 is 0 Å². The first-order valence-corrected chi connectivity index (χ1v) is 10.5. The number of likely N-dealkylation sites (tertiary alicyclic amines) is 1. The Labute approximate surface area is 191 Å². The van der Waals surface area contributed by atoms with Gasteiger partial charge in [-0.05, 0) is 37.5 Å². The fourth-order valence-corrected chi connectivity index (χ4v) is 4.02. The first-order valence-electron chi connectivity index (χ1n) is 10.5. The SMILES string of the molecule is NC(=O)c1nn(CC(=O)N2CCCC[C@H]2C(=O)Nc2cccc(C(F)(F)F)n2)c2ccccc12. The molecule has 1 atom stereocenters. The zero-order chi connectivity index (χ0) is 24.5. The monoisotopic (exact) mass is 474 g/mol. The number of aromatic nitrogens is 3. The Kier molecular flexibility index (Phi) is 6.22. The summed E-state index contributed by atoms with van der Waals surface area (Å²) in [5.74, 6) is -2.02. The van der Waals surface area contributed by atoms with Crippen LogP contribution in [0.25, 0.3) is 10.9 Å². The third-order valence-corrected chi connectivity index (χ3v) is 5.59. The molecule has 0 spiro atoms. The van der Waals surface area contributed by atoms with Gasteiger partial charge in [0, 0.05) is 11.9 Å². The minimum Gasteiger partial charge on any atom is -0.364 e. The number of halogens is 3. The number of carbonyl (C=O) groups excluding carboxylic acids is 3. The second-order valence-corrected chi connectivity index (χ2v) is 7.88. The molecule has 12 heteroatoms. The molecule has 178 valence electrons. The normalized spacial score (nSPS) is 16.4. The van der Waals surface area contributed by atoms with Gasteiger partial charge >= 0.3 is 6.18 Å². The van der Waals surface area contributed by atoms with Crippen molar-refractivity contribution in [3.8, 4) is 0 Å². The largest absolute Gasteiger partial charge is 0.433 e. The number of benzene rings is 1. The molecular formula is C22H21F3N6O3. The Hall–Kier alpha value is -3.96. The summed E-state index contributed by atoms with van der Waals surface area (Å²) in [6.07, 6.45) is -2.95. The van der Waals surface area contributed by atoms with Gasteiger partial charge in [-0.3, -0.25) is 19.1 Å². The number of nitrogens with one attached hydrogen (secondary N) is 1. The predicted molar refractivity (Wildman–Crippen MR) is 115 cm³/mol. The molecule has 1 aliphatic rings. The van der Waals surface area contributed by atoms with Gasteiger partial charge in [-0.2, -0.15) is 18.3 Å². The molecule has 34 heavy (non-hydrogen) atoms. The van der Waals surface area contributed by atoms with Crippen LogP contribution in [-0.4, -0.2) is 50.0 Å². The molecule has 0 unspecified atom stereocenters. The highest BCUT2D eigenvalue weighted by atomic mass is 19.4. The van der Waals surface area contributed by atoms with E-state index in [1.807, 2.05) is 0 Å². The molecule has 0 saturated carbocycles. The van der Waals surface area contributed by atoms with E-state index < -0.39 is 35.6 Å². The Morgan fingerprint density at radius 1 is 1.09 bits per heavy atom. The summed E-state index contributed by atoms with van der Waals surface area (Å²) < 4.78 is 40.2. The Balaban J connectivity index is 1.53. The number of hydrogen-bond donors (Lipinski definition) is 2. The minimum atomic E-state index is -4.65. The van der Waals surface area contributed by atoms with Crippen molar-refractivity contribution in [3.05, 3.63) is 53.9 Å². The molecule has 3 heterocycles. The molecule has 1 aliphatic heterocycles. The fraction of sp³-hybridized carbons (Fsp3) is 0.318. The summed E-state index contributed by atoms with van der Waals surface area (Å²) in [5, 5.41) is 7.07. The molecule has 9 nitrogen and oxygen atoms in total. The fourth-order valence-electron chi connectivity index (χ4n) is 4.02. The summed E-state index contributed by atoms with van der Waals surface area (Å²) >= 11 is 0. The zero-order valence-electron chi connectivity index (χ0n) is 17.9. The van der Waals surface area contributed by atoms with Crippen LogP contribution in [-0.2, 0) is 22.3 Å². The average Bonchev–Trinajstić information content (AvgIpc) is 3.17. The van der Waals surface area contributed by atoms with Crippen LogP contribution in [0.3, 0.4) is 0 Å². The zero-order valence-corrected chi connectivity index (χ0v) is 17.9. The van der Waals surface area contributed by atoms with Crippen LogP contribution in [0.5, 0.6) is 0 Å². The van der Waals surface area contributed by atoms with Crippen LogP contribution < -0.4 is 11.1 Å². The lowest BCUT2D eigenvalue weighted by molar-refractivity contribution is -0.141. The van der Waals surface area contributed by atoms with E-state index in [0.717, 1.165) is 12.1 Å². The molecule has 2 aromatic heterocycles. The lowest BCUT2D eigenvalue weighted by atomic mass is 10.0. The first kappa shape index (κ1) is 23.2. The molecule has 3 amide bonds. The second kappa shape index (κ2) is 9.12. The second-order valence-electron chi connectivity index (χ2n) is 7.88. The van der Waals surface area contributed by atoms with Crippen molar-refractivity contribution < 1.29 is 27.6 Å². The number of hydrogen-bond acceptors (Lipinski definition) is 5. The molecule has 0 bridgehead atoms. The maximum absolute atomic E-state index is 13.1. The van der Waals surface area contributed by atoms with Crippen LogP contribution in [0.1, 0.15) is 35.4 Å². The number of anilines is 1. The number of piperidine rings is 1. The van der Waals surface area contributed by atoms with Gasteiger partial charge in [-0.25, -0.2) is 4.98 Å². The highest BCUT2D eigenvalue weighted by Gasteiger charge is 2.35. The summed E-state index contributed by atoms with van der Waals surface area (Å²) in [7, 11) is 0. The first-order chi connectivity index (χ1) is 16.1. The quantitative estimate of drug-likeness (QED) is 0.588. The van der Waals surface area contributed by atoms with Gasteiger partial charge < -0.3 is 16.0 Å². The average molecular weight is 474 g/mol. The number of alkyl halides is 3. The Morgan fingerprint density at radius 2 is 1.85 bits per heavy atom. The molecule has 1 saturated heterocycles. The maximum atomic E-state index is 13.1. The number of carbonyl (C=O) groups is 3. The molecule has 1 aromatic carbocycles. The van der Waals surface area contributed by atoms with E-state index in [9.17, 15) is 27.6 Å². The molecule has 3 N–H and O–H groups in total. The van der Waals surface area contributed by atoms with Crippen LogP contribution in [0.15, 0.2) is 42.5 Å². The van der Waals surface area contributed by atoms with Crippen molar-refractivity contribution in [2.75, 3.05) is 11.9 Å². The molecule has 0 aliphatic carbocycles. The highest BCUT2D eigenvalue weighted by molar-refractivity contribution is 6.04. The van der Waals surface area contributed by atoms with Gasteiger partial charge in [0.25, 0.3) is 5.91 Å². The Morgan fingerprint density at radius 3 is 2.59 bits per heavy atom. The number of pyridine rings is 1. The summed E-state index contributed by atoms with van der Waals surface area (Å²) in [6, 6.07) is 9.14. The van der Waals surface area contributed by atoms with E-state index in [0.29, 0.717) is 36.7 Å². The summed E-state index contributed by atoms with van der Waals surface area (Å²) in [6.45, 7) is 0.0637. The topological polar surface area (TPSA) is 123 Å². The van der Waals surface area contributed by atoms with E-state index in [1.54, 1.807) is 24.3 Å². The van der Waals surface area contributed by atoms with E-state index >= 15 is 0 Å². The van der Waals surface area contributed by atoms with Crippen molar-refractivity contribution in [1.82, 2.24) is 19.7 Å². The van der Waals surface area contributed by atoms with Gasteiger partial charge in [0.15, 0.2) is 5.69 Å². The highest BCUT2D eigenvalue weighted by Crippen LogP contribution is 2.28. The van der Waals surface area contributed by atoms with Gasteiger partial charge in [-0.15, -0.1) is 0 Å². The summed E-state index contributed by atoms with van der Waals surface area (Å²) in [5.41, 5.74) is 4.84. The van der Waals surface area contributed by atoms with Crippen molar-refractivity contribution in [2.45, 2.75) is 38.0 Å². The van der Waals surface area contributed by atoms with E-state index in [-0.39, 0.29) is 18.1 Å². The smallest absolute Gasteiger partial charge is 0.364 e. The maximum Gasteiger partial charge on any atom is 0.433 e. The molecule has 3 aromatic rings. The lowest BCUT2D eigenvalue weighted by Crippen LogP contribution is -2.51. The minimum absolute atomic E-state index is 0.0342. The van der Waals surface area contributed by atoms with Gasteiger partial charge in [0.05, 0.1) is 5.52 Å². The standard InChI is InChI=1S/C22H21F3N6O3/c23-22(24,25)16-9-5-10-17(27-16)28-21(34)15-8-3-4-11-30(15)18(32)12-31-14-7-2-1-6-13(14)19(29-31)20(26)33/h1-2,5-7,9-10,15H,3-4,8,11-12H2,(H2,26,33)(H,27,28,34)/t15-/m0/s1. The molecule has 1 fully saturated rings. The van der Waals surface area contributed by atoms with Gasteiger partial charge in [0.1, 0.15) is 24.1 Å². The number of para-hydroxylation sites is 1. The summed E-state index contributed by atoms with van der Waals surface area (Å²) in [4.78, 5) is 42.6. The molecule has 0 radical (unpaired) electrons. The molecular weight excluding hydrogens is 453 g/mol. The van der Waals surface area contributed by atoms with Crippen LogP contribution in [0.4, 0.5) is 19.0 Å². The number of nitrogens with two attached hydrogens (primary N) is 1. The van der Waals surface area contributed by atoms with Crippen molar-refractivity contribution >= 4 is 34.4 Å². The van der Waals surface area contributed by atoms with Gasteiger partial charge in [-0.1, -0.05) is 24.3 Å². The number of rotatable bonds is 5. The Bertz CT molecular complexity index is 1260. The van der Waals surface area contributed by atoms with Crippen LogP contribution in [0.2, 0.25) is 0 Å². The van der Waals surface area contributed by atoms with E-state index in [2.05, 4.69) is 15.4 Å².